The van der Waals surface area contributed by atoms with Gasteiger partial charge in [-0.25, -0.2) is 0 Å². The summed E-state index contributed by atoms with van der Waals surface area (Å²) in [5.41, 5.74) is 10.1. The van der Waals surface area contributed by atoms with Crippen LogP contribution in [-0.4, -0.2) is 23.5 Å². The third-order valence-corrected chi connectivity index (χ3v) is 6.31. The highest BCUT2D eigenvalue weighted by Gasteiger charge is 2.17. The Morgan fingerprint density at radius 1 is 0.886 bits per heavy atom. The van der Waals surface area contributed by atoms with Crippen LogP contribution in [0.3, 0.4) is 0 Å². The van der Waals surface area contributed by atoms with Crippen molar-refractivity contribution in [3.05, 3.63) is 65.9 Å². The second-order valence-electron chi connectivity index (χ2n) is 9.74. The molecule has 0 fully saturated rings. The molecule has 1 heterocycles. The van der Waals surface area contributed by atoms with E-state index in [2.05, 4.69) is 33.8 Å². The van der Waals surface area contributed by atoms with Crippen molar-refractivity contribution in [2.75, 3.05) is 11.9 Å². The van der Waals surface area contributed by atoms with Crippen LogP contribution in [0.1, 0.15) is 87.6 Å². The molecule has 5 heteroatoms. The lowest BCUT2D eigenvalue weighted by Crippen LogP contribution is -2.30. The number of benzene rings is 2. The molecule has 0 bridgehead atoms. The molecule has 0 saturated heterocycles. The quantitative estimate of drug-likeness (QED) is 0.205. The van der Waals surface area contributed by atoms with Crippen LogP contribution < -0.4 is 16.4 Å². The van der Waals surface area contributed by atoms with Crippen LogP contribution in [0.2, 0.25) is 0 Å². The summed E-state index contributed by atoms with van der Waals surface area (Å²) < 4.78 is 0. The summed E-state index contributed by atoms with van der Waals surface area (Å²) in [6.07, 6.45) is 14.2. The maximum absolute atomic E-state index is 13.0. The molecule has 5 nitrogen and oxygen atoms in total. The van der Waals surface area contributed by atoms with Crippen LogP contribution in [0.4, 0.5) is 11.4 Å². The molecule has 0 spiro atoms. The van der Waals surface area contributed by atoms with E-state index in [4.69, 9.17) is 5.73 Å². The lowest BCUT2D eigenvalue weighted by atomic mass is 10.0. The van der Waals surface area contributed by atoms with E-state index >= 15 is 0 Å². The number of nitrogens with two attached hydrogens (primary N) is 1. The summed E-state index contributed by atoms with van der Waals surface area (Å²) in [5, 5.41) is 7.50. The summed E-state index contributed by atoms with van der Waals surface area (Å²) in [5.74, 6) is -0.110. The number of hydrogen-bond acceptors (Lipinski definition) is 4. The van der Waals surface area contributed by atoms with Gasteiger partial charge in [-0.15, -0.1) is 0 Å². The Morgan fingerprint density at radius 2 is 1.54 bits per heavy atom. The van der Waals surface area contributed by atoms with Gasteiger partial charge in [-0.2, -0.15) is 0 Å². The molecule has 188 valence electrons. The normalized spacial score (nSPS) is 11.2. The van der Waals surface area contributed by atoms with Crippen molar-refractivity contribution in [1.82, 2.24) is 10.3 Å². The number of amides is 1. The topological polar surface area (TPSA) is 80.0 Å². The maximum Gasteiger partial charge on any atom is 0.255 e. The first-order valence-electron chi connectivity index (χ1n) is 13.3. The highest BCUT2D eigenvalue weighted by atomic mass is 16.1. The molecular weight excluding hydrogens is 432 g/mol. The van der Waals surface area contributed by atoms with Gasteiger partial charge < -0.3 is 16.4 Å². The van der Waals surface area contributed by atoms with Crippen molar-refractivity contribution in [2.24, 2.45) is 5.73 Å². The van der Waals surface area contributed by atoms with Gasteiger partial charge in [0.25, 0.3) is 5.91 Å². The maximum atomic E-state index is 13.0. The van der Waals surface area contributed by atoms with Gasteiger partial charge in [0.05, 0.1) is 16.8 Å². The van der Waals surface area contributed by atoms with Gasteiger partial charge >= 0.3 is 0 Å². The monoisotopic (exact) mass is 474 g/mol. The molecule has 0 aliphatic heterocycles. The molecule has 0 aliphatic carbocycles. The van der Waals surface area contributed by atoms with E-state index < -0.39 is 0 Å². The number of carbonyl (C=O) groups is 1. The summed E-state index contributed by atoms with van der Waals surface area (Å²) in [6, 6.07) is 16.5. The molecule has 0 atom stereocenters. The highest BCUT2D eigenvalue weighted by molar-refractivity contribution is 6.08. The van der Waals surface area contributed by atoms with E-state index in [0.29, 0.717) is 5.56 Å². The number of para-hydroxylation sites is 1. The summed E-state index contributed by atoms with van der Waals surface area (Å²) in [7, 11) is 0. The number of hydrogen-bond donors (Lipinski definition) is 3. The molecule has 4 N–H and O–H groups in total. The zero-order valence-electron chi connectivity index (χ0n) is 21.5. The van der Waals surface area contributed by atoms with Gasteiger partial charge in [0.1, 0.15) is 0 Å². The summed E-state index contributed by atoms with van der Waals surface area (Å²) in [6.45, 7) is 4.76. The summed E-state index contributed by atoms with van der Waals surface area (Å²) in [4.78, 5) is 17.6. The number of rotatable bonds is 15. The van der Waals surface area contributed by atoms with E-state index in [1.807, 2.05) is 44.2 Å². The average molecular weight is 475 g/mol. The van der Waals surface area contributed by atoms with Crippen LogP contribution in [0, 0.1) is 0 Å². The number of aromatic nitrogens is 1. The van der Waals surface area contributed by atoms with Crippen LogP contribution >= 0.6 is 0 Å². The van der Waals surface area contributed by atoms with E-state index in [-0.39, 0.29) is 11.9 Å². The van der Waals surface area contributed by atoms with Crippen molar-refractivity contribution < 1.29 is 4.79 Å². The molecule has 2 aromatic carbocycles. The summed E-state index contributed by atoms with van der Waals surface area (Å²) >= 11 is 0. The first-order chi connectivity index (χ1) is 17.1. The smallest absolute Gasteiger partial charge is 0.255 e. The van der Waals surface area contributed by atoms with Crippen molar-refractivity contribution in [3.8, 4) is 0 Å². The molecule has 1 aromatic heterocycles. The predicted octanol–water partition coefficient (Wildman–Crippen LogP) is 7.13. The standard InChI is InChI=1S/C30H42N4O/c1-23(2)33-30(35)27-22-32-28-19-18-24(15-11-8-6-4-3-5-7-9-14-20-31)21-26(28)29(27)34-25-16-12-10-13-17-25/h10,12-13,16-19,21-23H,3-9,11,14-15,20,31H2,1-2H3,(H,32,34)(H,33,35). The first-order valence-corrected chi connectivity index (χ1v) is 13.3. The second kappa shape index (κ2) is 14.5. The van der Waals surface area contributed by atoms with Gasteiger partial charge in [-0.1, -0.05) is 69.2 Å². The highest BCUT2D eigenvalue weighted by Crippen LogP contribution is 2.30. The van der Waals surface area contributed by atoms with Crippen LogP contribution in [-0.2, 0) is 6.42 Å². The molecule has 1 amide bonds. The van der Waals surface area contributed by atoms with E-state index in [0.717, 1.165) is 41.7 Å². The number of carbonyl (C=O) groups excluding carboxylic acids is 1. The predicted molar refractivity (Wildman–Crippen MR) is 148 cm³/mol. The number of nitrogens with zero attached hydrogens (tertiary/aromatic N) is 1. The average Bonchev–Trinajstić information content (AvgIpc) is 2.85. The molecule has 3 aromatic rings. The zero-order chi connectivity index (χ0) is 24.9. The first kappa shape index (κ1) is 26.7. The van der Waals surface area contributed by atoms with Gasteiger partial charge in [-0.3, -0.25) is 9.78 Å². The molecule has 3 rings (SSSR count). The molecule has 0 radical (unpaired) electrons. The SMILES string of the molecule is CC(C)NC(=O)c1cnc2ccc(CCCCCCCCCCCN)cc2c1Nc1ccccc1. The van der Waals surface area contributed by atoms with Crippen LogP contribution in [0.15, 0.2) is 54.7 Å². The fourth-order valence-electron chi connectivity index (χ4n) is 4.42. The Balaban J connectivity index is 1.67. The van der Waals surface area contributed by atoms with Gasteiger partial charge in [-0.05, 0) is 69.5 Å². The minimum absolute atomic E-state index is 0.0556. The van der Waals surface area contributed by atoms with Crippen molar-refractivity contribution >= 4 is 28.2 Å². The Labute approximate surface area is 210 Å². The Morgan fingerprint density at radius 3 is 2.20 bits per heavy atom. The fraction of sp³-hybridized carbons (Fsp3) is 0.467. The van der Waals surface area contributed by atoms with Crippen molar-refractivity contribution in [3.63, 3.8) is 0 Å². The number of unbranched alkanes of at least 4 members (excludes halogenated alkanes) is 8. The van der Waals surface area contributed by atoms with E-state index in [9.17, 15) is 4.79 Å². The van der Waals surface area contributed by atoms with E-state index in [1.165, 1.54) is 56.9 Å². The van der Waals surface area contributed by atoms with Gasteiger partial charge in [0, 0.05) is 23.3 Å². The molecule has 0 aliphatic rings. The van der Waals surface area contributed by atoms with Gasteiger partial charge in [0.15, 0.2) is 0 Å². The van der Waals surface area contributed by atoms with Gasteiger partial charge in [0.2, 0.25) is 0 Å². The number of aryl methyl sites for hydroxylation is 1. The minimum atomic E-state index is -0.110. The Kier molecular flexibility index (Phi) is 11.0. The molecule has 0 saturated carbocycles. The van der Waals surface area contributed by atoms with Crippen LogP contribution in [0.5, 0.6) is 0 Å². The number of pyridine rings is 1. The van der Waals surface area contributed by atoms with Crippen LogP contribution in [0.25, 0.3) is 10.9 Å². The molecule has 0 unspecified atom stereocenters. The molecular formula is C30H42N4O. The lowest BCUT2D eigenvalue weighted by Gasteiger charge is -2.16. The molecule has 35 heavy (non-hydrogen) atoms. The van der Waals surface area contributed by atoms with Crippen molar-refractivity contribution in [2.45, 2.75) is 84.1 Å². The lowest BCUT2D eigenvalue weighted by molar-refractivity contribution is 0.0944. The minimum Gasteiger partial charge on any atom is -0.354 e. The third kappa shape index (κ3) is 8.66. The largest absolute Gasteiger partial charge is 0.354 e. The fourth-order valence-corrected chi connectivity index (χ4v) is 4.42. The van der Waals surface area contributed by atoms with E-state index in [1.54, 1.807) is 6.20 Å². The number of fused-ring (bicyclic) bond motifs is 1. The van der Waals surface area contributed by atoms with Crippen molar-refractivity contribution in [1.29, 1.82) is 0 Å². The third-order valence-electron chi connectivity index (χ3n) is 6.31. The number of nitrogens with one attached hydrogen (secondary N) is 2. The second-order valence-corrected chi connectivity index (χ2v) is 9.74. The Bertz CT molecular complexity index is 1050. The Hall–Kier alpha value is -2.92. The number of anilines is 2. The zero-order valence-corrected chi connectivity index (χ0v) is 21.5.